The van der Waals surface area contributed by atoms with Gasteiger partial charge in [0.1, 0.15) is 0 Å². The second kappa shape index (κ2) is 6.05. The van der Waals surface area contributed by atoms with Crippen molar-refractivity contribution in [1.82, 2.24) is 5.32 Å². The maximum Gasteiger partial charge on any atom is 0.0401 e. The number of nitrogens with one attached hydrogen (secondary N) is 1. The van der Waals surface area contributed by atoms with Crippen LogP contribution in [0.3, 0.4) is 0 Å². The Morgan fingerprint density at radius 1 is 1.44 bits per heavy atom. The molecule has 98 valence electrons. The van der Waals surface area contributed by atoms with Gasteiger partial charge in [0.15, 0.2) is 0 Å². The Kier molecular flexibility index (Phi) is 4.43. The Bertz CT molecular complexity index is 423. The highest BCUT2D eigenvalue weighted by atomic mass is 15.1. The standard InChI is InChI=1S/C16H24N2/c1-4-5-10-18-11-6-7-15-12-14(13(2)17-3)8-9-16(15)18/h4-5,8-9,12-13,17H,6-7,10-11H2,1-3H3/b5-4+. The third kappa shape index (κ3) is 2.75. The number of aryl methyl sites for hydroxylation is 1. The molecule has 0 radical (unpaired) electrons. The number of fused-ring (bicyclic) bond motifs is 1. The summed E-state index contributed by atoms with van der Waals surface area (Å²) in [6, 6.07) is 7.36. The third-order valence-corrected chi connectivity index (χ3v) is 3.81. The van der Waals surface area contributed by atoms with Gasteiger partial charge in [0.05, 0.1) is 0 Å². The molecule has 0 amide bonds. The number of benzene rings is 1. The van der Waals surface area contributed by atoms with E-state index in [9.17, 15) is 0 Å². The van der Waals surface area contributed by atoms with Crippen molar-refractivity contribution >= 4 is 5.69 Å². The first-order valence-corrected chi connectivity index (χ1v) is 6.92. The number of hydrogen-bond donors (Lipinski definition) is 1. The van der Waals surface area contributed by atoms with Gasteiger partial charge in [0, 0.05) is 24.8 Å². The largest absolute Gasteiger partial charge is 0.368 e. The molecule has 0 saturated carbocycles. The summed E-state index contributed by atoms with van der Waals surface area (Å²) in [4.78, 5) is 2.48. The number of hydrogen-bond acceptors (Lipinski definition) is 2. The fourth-order valence-corrected chi connectivity index (χ4v) is 2.55. The highest BCUT2D eigenvalue weighted by Crippen LogP contribution is 2.29. The van der Waals surface area contributed by atoms with Crippen molar-refractivity contribution in [2.24, 2.45) is 0 Å². The van der Waals surface area contributed by atoms with Crippen LogP contribution < -0.4 is 10.2 Å². The summed E-state index contributed by atoms with van der Waals surface area (Å²) in [6.45, 7) is 6.51. The van der Waals surface area contributed by atoms with Gasteiger partial charge in [0.25, 0.3) is 0 Å². The van der Waals surface area contributed by atoms with Crippen molar-refractivity contribution in [3.8, 4) is 0 Å². The molecule has 1 heterocycles. The molecule has 1 aliphatic heterocycles. The molecule has 1 aromatic rings. The highest BCUT2D eigenvalue weighted by molar-refractivity contribution is 5.57. The van der Waals surface area contributed by atoms with Crippen LogP contribution >= 0.6 is 0 Å². The molecule has 0 aromatic heterocycles. The second-order valence-electron chi connectivity index (χ2n) is 5.02. The summed E-state index contributed by atoms with van der Waals surface area (Å²) in [5.74, 6) is 0. The van der Waals surface area contributed by atoms with Crippen molar-refractivity contribution in [3.05, 3.63) is 41.5 Å². The zero-order valence-electron chi connectivity index (χ0n) is 11.7. The second-order valence-corrected chi connectivity index (χ2v) is 5.02. The highest BCUT2D eigenvalue weighted by Gasteiger charge is 2.16. The molecule has 2 heteroatoms. The Balaban J connectivity index is 2.24. The maximum atomic E-state index is 3.31. The monoisotopic (exact) mass is 244 g/mol. The minimum atomic E-state index is 0.432. The predicted molar refractivity (Wildman–Crippen MR) is 79.3 cm³/mol. The van der Waals surface area contributed by atoms with Crippen LogP contribution in [0.5, 0.6) is 0 Å². The first-order valence-electron chi connectivity index (χ1n) is 6.92. The van der Waals surface area contributed by atoms with E-state index in [1.54, 1.807) is 0 Å². The summed E-state index contributed by atoms with van der Waals surface area (Å²) < 4.78 is 0. The molecule has 2 nitrogen and oxygen atoms in total. The minimum Gasteiger partial charge on any atom is -0.368 e. The van der Waals surface area contributed by atoms with Crippen LogP contribution in [0.4, 0.5) is 5.69 Å². The Hall–Kier alpha value is -1.28. The summed E-state index contributed by atoms with van der Waals surface area (Å²) in [6.07, 6.45) is 6.85. The Morgan fingerprint density at radius 2 is 2.28 bits per heavy atom. The fraction of sp³-hybridized carbons (Fsp3) is 0.500. The van der Waals surface area contributed by atoms with Crippen LogP contribution in [-0.2, 0) is 6.42 Å². The molecule has 1 N–H and O–H groups in total. The normalized spacial score (nSPS) is 16.9. The molecule has 1 unspecified atom stereocenters. The average molecular weight is 244 g/mol. The van der Waals surface area contributed by atoms with Crippen LogP contribution in [0.25, 0.3) is 0 Å². The van der Waals surface area contributed by atoms with Gasteiger partial charge in [-0.2, -0.15) is 0 Å². The molecule has 1 atom stereocenters. The average Bonchev–Trinajstić information content (AvgIpc) is 2.43. The van der Waals surface area contributed by atoms with Gasteiger partial charge in [-0.3, -0.25) is 0 Å². The quantitative estimate of drug-likeness (QED) is 0.818. The van der Waals surface area contributed by atoms with E-state index < -0.39 is 0 Å². The number of anilines is 1. The SMILES string of the molecule is C/C=C/CN1CCCc2cc(C(C)NC)ccc21. The van der Waals surface area contributed by atoms with Gasteiger partial charge in [-0.1, -0.05) is 24.3 Å². The lowest BCUT2D eigenvalue weighted by atomic mass is 9.97. The molecule has 2 rings (SSSR count). The van der Waals surface area contributed by atoms with E-state index in [0.29, 0.717) is 6.04 Å². The van der Waals surface area contributed by atoms with E-state index in [1.807, 2.05) is 7.05 Å². The molecule has 18 heavy (non-hydrogen) atoms. The van der Waals surface area contributed by atoms with Crippen LogP contribution in [0.15, 0.2) is 30.4 Å². The van der Waals surface area contributed by atoms with Crippen LogP contribution in [0.1, 0.15) is 37.4 Å². The lowest BCUT2D eigenvalue weighted by Gasteiger charge is -2.31. The first kappa shape index (κ1) is 13.2. The Morgan fingerprint density at radius 3 is 3.00 bits per heavy atom. The number of rotatable bonds is 4. The van der Waals surface area contributed by atoms with E-state index >= 15 is 0 Å². The van der Waals surface area contributed by atoms with Gasteiger partial charge < -0.3 is 10.2 Å². The first-order chi connectivity index (χ1) is 8.76. The summed E-state index contributed by atoms with van der Waals surface area (Å²) in [7, 11) is 2.02. The van der Waals surface area contributed by atoms with E-state index in [0.717, 1.165) is 6.54 Å². The van der Waals surface area contributed by atoms with Crippen molar-refractivity contribution in [2.45, 2.75) is 32.7 Å². The van der Waals surface area contributed by atoms with Gasteiger partial charge in [-0.25, -0.2) is 0 Å². The fourth-order valence-electron chi connectivity index (χ4n) is 2.55. The predicted octanol–water partition coefficient (Wildman–Crippen LogP) is 3.30. The molecular formula is C16H24N2. The van der Waals surface area contributed by atoms with Gasteiger partial charge >= 0.3 is 0 Å². The molecule has 0 aliphatic carbocycles. The molecular weight excluding hydrogens is 220 g/mol. The minimum absolute atomic E-state index is 0.432. The molecule has 0 bridgehead atoms. The van der Waals surface area contributed by atoms with E-state index in [4.69, 9.17) is 0 Å². The topological polar surface area (TPSA) is 15.3 Å². The molecule has 1 aliphatic rings. The van der Waals surface area contributed by atoms with Crippen LogP contribution in [0, 0.1) is 0 Å². The summed E-state index contributed by atoms with van der Waals surface area (Å²) in [5, 5.41) is 3.31. The van der Waals surface area contributed by atoms with Crippen molar-refractivity contribution in [3.63, 3.8) is 0 Å². The number of nitrogens with zero attached hydrogens (tertiary/aromatic N) is 1. The van der Waals surface area contributed by atoms with Gasteiger partial charge in [-0.05, 0) is 50.9 Å². The molecule has 0 spiro atoms. The summed E-state index contributed by atoms with van der Waals surface area (Å²) >= 11 is 0. The molecule has 0 saturated heterocycles. The van der Waals surface area contributed by atoms with Crippen LogP contribution in [0.2, 0.25) is 0 Å². The number of allylic oxidation sites excluding steroid dienone is 1. The molecule has 1 aromatic carbocycles. The Labute approximate surface area is 111 Å². The van der Waals surface area contributed by atoms with E-state index in [-0.39, 0.29) is 0 Å². The lowest BCUT2D eigenvalue weighted by Crippen LogP contribution is -2.29. The smallest absolute Gasteiger partial charge is 0.0401 e. The van der Waals surface area contributed by atoms with Gasteiger partial charge in [0.2, 0.25) is 0 Å². The zero-order valence-corrected chi connectivity index (χ0v) is 11.7. The summed E-state index contributed by atoms with van der Waals surface area (Å²) in [5.41, 5.74) is 4.32. The van der Waals surface area contributed by atoms with Gasteiger partial charge in [-0.15, -0.1) is 0 Å². The third-order valence-electron chi connectivity index (χ3n) is 3.81. The van der Waals surface area contributed by atoms with E-state index in [1.165, 1.54) is 36.2 Å². The van der Waals surface area contributed by atoms with Crippen molar-refractivity contribution in [2.75, 3.05) is 25.0 Å². The lowest BCUT2D eigenvalue weighted by molar-refractivity contribution is 0.648. The van der Waals surface area contributed by atoms with Crippen LogP contribution in [-0.4, -0.2) is 20.1 Å². The van der Waals surface area contributed by atoms with Crippen molar-refractivity contribution in [1.29, 1.82) is 0 Å². The molecule has 0 fully saturated rings. The maximum absolute atomic E-state index is 3.31. The zero-order chi connectivity index (χ0) is 13.0. The van der Waals surface area contributed by atoms with Crippen molar-refractivity contribution < 1.29 is 0 Å². The van der Waals surface area contributed by atoms with E-state index in [2.05, 4.69) is 54.4 Å².